The van der Waals surface area contributed by atoms with Crippen molar-refractivity contribution < 1.29 is 4.79 Å². The Labute approximate surface area is 144 Å². The number of rotatable bonds is 2. The van der Waals surface area contributed by atoms with Crippen LogP contribution in [0.3, 0.4) is 0 Å². The smallest absolute Gasteiger partial charge is 0.226 e. The van der Waals surface area contributed by atoms with Gasteiger partial charge in [-0.05, 0) is 64.3 Å². The van der Waals surface area contributed by atoms with Crippen LogP contribution in [-0.2, 0) is 17.8 Å². The van der Waals surface area contributed by atoms with Crippen molar-refractivity contribution >= 4 is 5.91 Å². The second kappa shape index (κ2) is 6.90. The average Bonchev–Trinajstić information content (AvgIpc) is 2.60. The highest BCUT2D eigenvalue weighted by molar-refractivity contribution is 5.79. The highest BCUT2D eigenvalue weighted by Gasteiger charge is 2.31. The monoisotopic (exact) mass is 326 g/mol. The predicted molar refractivity (Wildman–Crippen MR) is 92.2 cm³/mol. The number of likely N-dealkylation sites (tertiary alicyclic amines) is 1. The fraction of sp³-hybridized carbons (Fsp3) is 0.632. The molecule has 1 fully saturated rings. The first-order chi connectivity index (χ1) is 11.5. The molecule has 2 aliphatic heterocycles. The minimum absolute atomic E-state index is 0.149. The number of hydrogen-bond acceptors (Lipinski definition) is 4. The van der Waals surface area contributed by atoms with E-state index in [2.05, 4.69) is 29.8 Å². The van der Waals surface area contributed by atoms with Crippen molar-refractivity contribution in [3.63, 3.8) is 0 Å². The number of nitriles is 1. The molecule has 2 aliphatic rings. The van der Waals surface area contributed by atoms with Crippen molar-refractivity contribution in [1.82, 2.24) is 14.8 Å². The van der Waals surface area contributed by atoms with Gasteiger partial charge in [0.2, 0.25) is 5.91 Å². The summed E-state index contributed by atoms with van der Waals surface area (Å²) in [4.78, 5) is 21.6. The van der Waals surface area contributed by atoms with Crippen molar-refractivity contribution in [2.24, 2.45) is 5.92 Å². The van der Waals surface area contributed by atoms with E-state index >= 15 is 0 Å². The molecule has 0 spiro atoms. The Morgan fingerprint density at radius 1 is 1.33 bits per heavy atom. The molecular formula is C19H26N4O. The summed E-state index contributed by atoms with van der Waals surface area (Å²) in [6.45, 7) is 9.64. The predicted octanol–water partition coefficient (Wildman–Crippen LogP) is 2.27. The highest BCUT2D eigenvalue weighted by atomic mass is 16.2. The Kier molecular flexibility index (Phi) is 4.86. The minimum atomic E-state index is 0.149. The quantitative estimate of drug-likeness (QED) is 0.836. The number of nitrogens with zero attached hydrogens (tertiary/aromatic N) is 4. The number of aryl methyl sites for hydroxylation is 1. The maximum atomic E-state index is 12.9. The fourth-order valence-corrected chi connectivity index (χ4v) is 3.91. The van der Waals surface area contributed by atoms with E-state index in [9.17, 15) is 10.1 Å². The molecular weight excluding hydrogens is 300 g/mol. The SMILES string of the molecule is Cc1ncc2c(c1C#N)CCN(C(=O)C1CCN(C(C)C)CC1)C2. The topological polar surface area (TPSA) is 60.2 Å². The van der Waals surface area contributed by atoms with E-state index in [4.69, 9.17) is 0 Å². The number of pyridine rings is 1. The molecule has 1 saturated heterocycles. The maximum Gasteiger partial charge on any atom is 0.226 e. The van der Waals surface area contributed by atoms with E-state index in [-0.39, 0.29) is 11.8 Å². The van der Waals surface area contributed by atoms with Gasteiger partial charge in [-0.15, -0.1) is 0 Å². The molecule has 1 amide bonds. The Bertz CT molecular complexity index is 669. The van der Waals surface area contributed by atoms with Crippen LogP contribution in [0.5, 0.6) is 0 Å². The molecule has 0 N–H and O–H groups in total. The van der Waals surface area contributed by atoms with Crippen LogP contribution in [0.1, 0.15) is 49.1 Å². The average molecular weight is 326 g/mol. The zero-order chi connectivity index (χ0) is 17.3. The van der Waals surface area contributed by atoms with Gasteiger partial charge in [-0.3, -0.25) is 9.78 Å². The van der Waals surface area contributed by atoms with Crippen LogP contribution in [-0.4, -0.2) is 46.4 Å². The lowest BCUT2D eigenvalue weighted by molar-refractivity contribution is -0.138. The molecule has 128 valence electrons. The van der Waals surface area contributed by atoms with E-state index in [1.165, 1.54) is 0 Å². The summed E-state index contributed by atoms with van der Waals surface area (Å²) in [5.74, 6) is 0.429. The van der Waals surface area contributed by atoms with E-state index in [1.807, 2.05) is 18.0 Å². The third kappa shape index (κ3) is 3.16. The van der Waals surface area contributed by atoms with Crippen LogP contribution >= 0.6 is 0 Å². The zero-order valence-electron chi connectivity index (χ0n) is 14.9. The van der Waals surface area contributed by atoms with Crippen LogP contribution in [0.15, 0.2) is 6.20 Å². The van der Waals surface area contributed by atoms with Crippen LogP contribution < -0.4 is 0 Å². The van der Waals surface area contributed by atoms with Gasteiger partial charge in [0.1, 0.15) is 6.07 Å². The van der Waals surface area contributed by atoms with E-state index in [0.29, 0.717) is 24.7 Å². The Morgan fingerprint density at radius 2 is 2.04 bits per heavy atom. The van der Waals surface area contributed by atoms with E-state index in [0.717, 1.165) is 49.2 Å². The summed E-state index contributed by atoms with van der Waals surface area (Å²) < 4.78 is 0. The first kappa shape index (κ1) is 16.9. The van der Waals surface area contributed by atoms with Crippen molar-refractivity contribution in [2.45, 2.75) is 52.6 Å². The molecule has 1 aromatic rings. The molecule has 0 bridgehead atoms. The lowest BCUT2D eigenvalue weighted by Gasteiger charge is -2.37. The van der Waals surface area contributed by atoms with Crippen molar-refractivity contribution in [2.75, 3.05) is 19.6 Å². The summed E-state index contributed by atoms with van der Waals surface area (Å²) in [5.41, 5.74) is 3.61. The van der Waals surface area contributed by atoms with Crippen molar-refractivity contribution in [3.05, 3.63) is 28.6 Å². The summed E-state index contributed by atoms with van der Waals surface area (Å²) in [6, 6.07) is 2.83. The molecule has 0 unspecified atom stereocenters. The van der Waals surface area contributed by atoms with Crippen LogP contribution in [0, 0.1) is 24.2 Å². The summed E-state index contributed by atoms with van der Waals surface area (Å²) in [5, 5.41) is 9.35. The molecule has 0 radical (unpaired) electrons. The first-order valence-electron chi connectivity index (χ1n) is 8.91. The van der Waals surface area contributed by atoms with Crippen LogP contribution in [0.2, 0.25) is 0 Å². The number of carbonyl (C=O) groups excluding carboxylic acids is 1. The standard InChI is InChI=1S/C19H26N4O/c1-13(2)22-7-4-15(5-8-22)19(24)23-9-6-17-16(12-23)11-21-14(3)18(17)10-20/h11,13,15H,4-9,12H2,1-3H3. The highest BCUT2D eigenvalue weighted by Crippen LogP contribution is 2.27. The van der Waals surface area contributed by atoms with Gasteiger partial charge in [0.15, 0.2) is 0 Å². The van der Waals surface area contributed by atoms with Gasteiger partial charge in [0.25, 0.3) is 0 Å². The largest absolute Gasteiger partial charge is 0.338 e. The minimum Gasteiger partial charge on any atom is -0.338 e. The van der Waals surface area contributed by atoms with Gasteiger partial charge >= 0.3 is 0 Å². The third-order valence-corrected chi connectivity index (χ3v) is 5.49. The van der Waals surface area contributed by atoms with Crippen molar-refractivity contribution in [3.8, 4) is 6.07 Å². The van der Waals surface area contributed by atoms with Gasteiger partial charge < -0.3 is 9.80 Å². The van der Waals surface area contributed by atoms with Crippen molar-refractivity contribution in [1.29, 1.82) is 5.26 Å². The third-order valence-electron chi connectivity index (χ3n) is 5.49. The molecule has 5 heteroatoms. The maximum absolute atomic E-state index is 12.9. The molecule has 0 atom stereocenters. The fourth-order valence-electron chi connectivity index (χ4n) is 3.91. The normalized spacial score (nSPS) is 19.2. The molecule has 24 heavy (non-hydrogen) atoms. The number of hydrogen-bond donors (Lipinski definition) is 0. The molecule has 3 heterocycles. The molecule has 0 aromatic carbocycles. The zero-order valence-corrected chi connectivity index (χ0v) is 14.9. The molecule has 0 saturated carbocycles. The number of aromatic nitrogens is 1. The Hall–Kier alpha value is -1.93. The molecule has 1 aromatic heterocycles. The summed E-state index contributed by atoms with van der Waals surface area (Å²) in [6.07, 6.45) is 4.51. The number of piperidine rings is 1. The van der Waals surface area contributed by atoms with Gasteiger partial charge in [-0.25, -0.2) is 0 Å². The van der Waals surface area contributed by atoms with E-state index < -0.39 is 0 Å². The van der Waals surface area contributed by atoms with Crippen LogP contribution in [0.25, 0.3) is 0 Å². The number of amides is 1. The summed E-state index contributed by atoms with van der Waals surface area (Å²) >= 11 is 0. The van der Waals surface area contributed by atoms with Crippen LogP contribution in [0.4, 0.5) is 0 Å². The number of fused-ring (bicyclic) bond motifs is 1. The Balaban J connectivity index is 1.68. The van der Waals surface area contributed by atoms with Gasteiger partial charge in [-0.2, -0.15) is 5.26 Å². The van der Waals surface area contributed by atoms with E-state index in [1.54, 1.807) is 0 Å². The summed E-state index contributed by atoms with van der Waals surface area (Å²) in [7, 11) is 0. The number of carbonyl (C=O) groups is 1. The molecule has 3 rings (SSSR count). The lowest BCUT2D eigenvalue weighted by Crippen LogP contribution is -2.45. The van der Waals surface area contributed by atoms with Gasteiger partial charge in [0.05, 0.1) is 11.3 Å². The first-order valence-corrected chi connectivity index (χ1v) is 8.91. The second-order valence-electron chi connectivity index (χ2n) is 7.25. The molecule has 0 aliphatic carbocycles. The molecule has 5 nitrogen and oxygen atoms in total. The van der Waals surface area contributed by atoms with Gasteiger partial charge in [-0.1, -0.05) is 0 Å². The Morgan fingerprint density at radius 3 is 2.67 bits per heavy atom. The van der Waals surface area contributed by atoms with Gasteiger partial charge in [0, 0.05) is 31.2 Å². The lowest BCUT2D eigenvalue weighted by atomic mass is 9.91. The second-order valence-corrected chi connectivity index (χ2v) is 7.25.